The number of hydrogen-bond acceptors (Lipinski definition) is 4. The van der Waals surface area contributed by atoms with Crippen LogP contribution in [0.1, 0.15) is 35.1 Å². The first kappa shape index (κ1) is 30.3. The Morgan fingerprint density at radius 2 is 0.789 bits per heavy atom. The second-order valence-corrected chi connectivity index (χ2v) is 2.65. The van der Waals surface area contributed by atoms with E-state index in [4.69, 9.17) is 4.79 Å². The summed E-state index contributed by atoms with van der Waals surface area (Å²) >= 11 is 0. The zero-order valence-electron chi connectivity index (χ0n) is 12.2. The SMILES string of the molecule is C.CC=O.CNC(C)=O.CNC(C)=O.CNC(C)=O. The molecular formula is C12H29N3O4. The van der Waals surface area contributed by atoms with E-state index in [1.807, 2.05) is 0 Å². The minimum Gasteiger partial charge on any atom is -0.359 e. The van der Waals surface area contributed by atoms with Gasteiger partial charge >= 0.3 is 0 Å². The van der Waals surface area contributed by atoms with Crippen LogP contribution < -0.4 is 16.0 Å². The third-order valence-corrected chi connectivity index (χ3v) is 1.06. The Balaban J connectivity index is -0.0000000458. The Kier molecular flexibility index (Phi) is 47.4. The monoisotopic (exact) mass is 279 g/mol. The molecular weight excluding hydrogens is 250 g/mol. The van der Waals surface area contributed by atoms with Gasteiger partial charge < -0.3 is 20.7 Å². The fourth-order valence-corrected chi connectivity index (χ4v) is 0. The van der Waals surface area contributed by atoms with Crippen LogP contribution in [0.5, 0.6) is 0 Å². The highest BCUT2D eigenvalue weighted by molar-refractivity contribution is 5.72. The van der Waals surface area contributed by atoms with Gasteiger partial charge in [0.25, 0.3) is 0 Å². The number of hydrogen-bond donors (Lipinski definition) is 3. The number of nitrogens with one attached hydrogen (secondary N) is 3. The van der Waals surface area contributed by atoms with Gasteiger partial charge in [0, 0.05) is 41.9 Å². The van der Waals surface area contributed by atoms with Crippen molar-refractivity contribution in [3.63, 3.8) is 0 Å². The molecule has 0 aromatic heterocycles. The zero-order chi connectivity index (χ0) is 15.6. The standard InChI is InChI=1S/3C3H7NO.C2H4O.CH4/c3*1-3(5)4-2;1-2-3;/h3*1-2H3,(H,4,5);2H,1H3;1H4. The Morgan fingerprint density at radius 1 is 0.737 bits per heavy atom. The topological polar surface area (TPSA) is 104 Å². The Bertz CT molecular complexity index is 198. The summed E-state index contributed by atoms with van der Waals surface area (Å²) in [5.41, 5.74) is 0. The molecule has 0 aliphatic carbocycles. The van der Waals surface area contributed by atoms with E-state index < -0.39 is 0 Å². The second-order valence-electron chi connectivity index (χ2n) is 2.65. The Morgan fingerprint density at radius 3 is 0.789 bits per heavy atom. The summed E-state index contributed by atoms with van der Waals surface area (Å²) in [6.07, 6.45) is 0.750. The summed E-state index contributed by atoms with van der Waals surface area (Å²) in [5, 5.41) is 7.17. The minimum atomic E-state index is 0. The van der Waals surface area contributed by atoms with Crippen molar-refractivity contribution in [3.05, 3.63) is 0 Å². The molecule has 0 atom stereocenters. The number of carbonyl (C=O) groups excluding carboxylic acids is 4. The lowest BCUT2D eigenvalue weighted by Gasteiger charge is -1.80. The summed E-state index contributed by atoms with van der Waals surface area (Å²) in [6, 6.07) is 0. The summed E-state index contributed by atoms with van der Waals surface area (Å²) in [6.45, 7) is 5.86. The fraction of sp³-hybridized carbons (Fsp3) is 0.667. The van der Waals surface area contributed by atoms with Crippen molar-refractivity contribution in [3.8, 4) is 0 Å². The zero-order valence-corrected chi connectivity index (χ0v) is 12.2. The number of amides is 3. The van der Waals surface area contributed by atoms with Gasteiger partial charge in [0.2, 0.25) is 17.7 Å². The molecule has 0 aromatic carbocycles. The van der Waals surface area contributed by atoms with E-state index in [1.54, 1.807) is 21.1 Å². The quantitative estimate of drug-likeness (QED) is 0.547. The molecule has 7 heteroatoms. The first-order chi connectivity index (χ1) is 8.22. The highest BCUT2D eigenvalue weighted by Gasteiger charge is 1.73. The van der Waals surface area contributed by atoms with Crippen molar-refractivity contribution >= 4 is 24.0 Å². The highest BCUT2D eigenvalue weighted by Crippen LogP contribution is 1.46. The van der Waals surface area contributed by atoms with E-state index >= 15 is 0 Å². The second kappa shape index (κ2) is 29.8. The van der Waals surface area contributed by atoms with Crippen molar-refractivity contribution in [1.29, 1.82) is 0 Å². The first-order valence-electron chi connectivity index (χ1n) is 5.18. The Hall–Kier alpha value is -1.92. The lowest BCUT2D eigenvalue weighted by Crippen LogP contribution is -2.11. The van der Waals surface area contributed by atoms with Gasteiger partial charge in [-0.3, -0.25) is 14.4 Å². The minimum absolute atomic E-state index is 0. The van der Waals surface area contributed by atoms with Crippen molar-refractivity contribution in [2.75, 3.05) is 21.1 Å². The molecule has 0 saturated carbocycles. The van der Waals surface area contributed by atoms with Crippen LogP contribution in [0.4, 0.5) is 0 Å². The molecule has 0 saturated heterocycles. The first-order valence-corrected chi connectivity index (χ1v) is 5.18. The van der Waals surface area contributed by atoms with Crippen LogP contribution in [0.3, 0.4) is 0 Å². The third kappa shape index (κ3) is 192. The van der Waals surface area contributed by atoms with E-state index in [1.165, 1.54) is 27.7 Å². The molecule has 0 bridgehead atoms. The van der Waals surface area contributed by atoms with Crippen molar-refractivity contribution in [2.24, 2.45) is 0 Å². The largest absolute Gasteiger partial charge is 0.359 e. The van der Waals surface area contributed by atoms with Crippen LogP contribution in [0.15, 0.2) is 0 Å². The number of rotatable bonds is 0. The van der Waals surface area contributed by atoms with E-state index in [0.717, 1.165) is 6.29 Å². The lowest BCUT2D eigenvalue weighted by atomic mass is 10.7. The molecule has 19 heavy (non-hydrogen) atoms. The van der Waals surface area contributed by atoms with Gasteiger partial charge in [-0.25, -0.2) is 0 Å². The highest BCUT2D eigenvalue weighted by atomic mass is 16.2. The van der Waals surface area contributed by atoms with Gasteiger partial charge in [-0.2, -0.15) is 0 Å². The van der Waals surface area contributed by atoms with Gasteiger partial charge in [-0.1, -0.05) is 7.43 Å². The van der Waals surface area contributed by atoms with Gasteiger partial charge in [0.1, 0.15) is 6.29 Å². The molecule has 0 fully saturated rings. The normalized spacial score (nSPS) is 6.05. The number of carbonyl (C=O) groups is 4. The predicted octanol–water partition coefficient (Wildman–Crippen LogP) is 0.0982. The maximum Gasteiger partial charge on any atom is 0.216 e. The third-order valence-electron chi connectivity index (χ3n) is 1.06. The molecule has 0 rings (SSSR count). The molecule has 0 heterocycles. The summed E-state index contributed by atoms with van der Waals surface area (Å²) in [7, 11) is 4.80. The molecule has 0 radical (unpaired) electrons. The van der Waals surface area contributed by atoms with Crippen LogP contribution >= 0.6 is 0 Å². The van der Waals surface area contributed by atoms with Gasteiger partial charge in [-0.15, -0.1) is 0 Å². The molecule has 0 aliphatic rings. The maximum atomic E-state index is 9.70. The molecule has 0 aromatic rings. The van der Waals surface area contributed by atoms with Crippen molar-refractivity contribution in [1.82, 2.24) is 16.0 Å². The molecule has 3 N–H and O–H groups in total. The van der Waals surface area contributed by atoms with Crippen LogP contribution in [-0.4, -0.2) is 45.2 Å². The fourth-order valence-electron chi connectivity index (χ4n) is 0. The van der Waals surface area contributed by atoms with E-state index in [0.29, 0.717) is 0 Å². The van der Waals surface area contributed by atoms with Crippen molar-refractivity contribution < 1.29 is 19.2 Å². The maximum absolute atomic E-state index is 9.70. The molecule has 0 unspecified atom stereocenters. The van der Waals surface area contributed by atoms with Crippen LogP contribution in [-0.2, 0) is 19.2 Å². The van der Waals surface area contributed by atoms with E-state index in [2.05, 4.69) is 16.0 Å². The van der Waals surface area contributed by atoms with Crippen LogP contribution in [0.2, 0.25) is 0 Å². The Labute approximate surface area is 116 Å². The molecule has 3 amide bonds. The van der Waals surface area contributed by atoms with E-state index in [-0.39, 0.29) is 25.1 Å². The molecule has 0 aliphatic heterocycles. The average molecular weight is 279 g/mol. The summed E-state index contributed by atoms with van der Waals surface area (Å²) < 4.78 is 0. The average Bonchev–Trinajstić information content (AvgIpc) is 2.31. The van der Waals surface area contributed by atoms with Gasteiger partial charge in [0.15, 0.2) is 0 Å². The van der Waals surface area contributed by atoms with Gasteiger partial charge in [0.05, 0.1) is 0 Å². The molecule has 7 nitrogen and oxygen atoms in total. The smallest absolute Gasteiger partial charge is 0.216 e. The predicted molar refractivity (Wildman–Crippen MR) is 77.7 cm³/mol. The summed E-state index contributed by atoms with van der Waals surface area (Å²) in [5.74, 6) is 0.0139. The van der Waals surface area contributed by atoms with Crippen molar-refractivity contribution in [2.45, 2.75) is 35.1 Å². The lowest BCUT2D eigenvalue weighted by molar-refractivity contribution is -0.119. The van der Waals surface area contributed by atoms with E-state index in [9.17, 15) is 14.4 Å². The molecule has 116 valence electrons. The van der Waals surface area contributed by atoms with Gasteiger partial charge in [-0.05, 0) is 6.92 Å². The molecule has 0 spiro atoms. The summed E-state index contributed by atoms with van der Waals surface area (Å²) in [4.78, 5) is 37.9. The number of aldehydes is 1. The van der Waals surface area contributed by atoms with Crippen LogP contribution in [0, 0.1) is 0 Å². The van der Waals surface area contributed by atoms with Crippen LogP contribution in [0.25, 0.3) is 0 Å².